The maximum Gasteiger partial charge on any atom is 0.222 e. The summed E-state index contributed by atoms with van der Waals surface area (Å²) in [6.45, 7) is 8.69. The van der Waals surface area contributed by atoms with Gasteiger partial charge in [-0.2, -0.15) is 0 Å². The normalized spacial score (nSPS) is 21.6. The van der Waals surface area contributed by atoms with E-state index in [9.17, 15) is 4.79 Å². The van der Waals surface area contributed by atoms with Crippen LogP contribution in [0.5, 0.6) is 0 Å². The Balaban J connectivity index is 2.36. The fourth-order valence-electron chi connectivity index (χ4n) is 2.57. The Hall–Kier alpha value is -0.610. The topological polar surface area (TPSA) is 41.6 Å². The lowest BCUT2D eigenvalue weighted by Gasteiger charge is -2.30. The highest BCUT2D eigenvalue weighted by Gasteiger charge is 2.20. The lowest BCUT2D eigenvalue weighted by atomic mass is 9.98. The van der Waals surface area contributed by atoms with Gasteiger partial charge in [0.15, 0.2) is 0 Å². The molecule has 0 bridgehead atoms. The van der Waals surface area contributed by atoms with Crippen molar-refractivity contribution in [3.63, 3.8) is 0 Å². The Kier molecular flexibility index (Phi) is 7.28. The molecule has 2 atom stereocenters. The number of rotatable bonds is 7. The van der Waals surface area contributed by atoms with Crippen LogP contribution >= 0.6 is 0 Å². The van der Waals surface area contributed by atoms with Gasteiger partial charge in [0.1, 0.15) is 0 Å². The van der Waals surface area contributed by atoms with E-state index in [0.717, 1.165) is 26.2 Å². The molecule has 2 unspecified atom stereocenters. The van der Waals surface area contributed by atoms with Crippen molar-refractivity contribution in [2.75, 3.05) is 39.9 Å². The van der Waals surface area contributed by atoms with Crippen LogP contribution in [0.25, 0.3) is 0 Å². The molecule has 1 saturated heterocycles. The molecule has 0 aromatic heterocycles. The summed E-state index contributed by atoms with van der Waals surface area (Å²) in [5.74, 6) is 1.20. The number of carbonyl (C=O) groups excluding carboxylic acids is 1. The summed E-state index contributed by atoms with van der Waals surface area (Å²) < 4.78 is 5.09. The third-order valence-corrected chi connectivity index (χ3v) is 3.59. The molecule has 0 radical (unpaired) electrons. The number of piperidine rings is 1. The number of nitrogens with zero attached hydrogens (tertiary/aromatic N) is 1. The third kappa shape index (κ3) is 5.36. The summed E-state index contributed by atoms with van der Waals surface area (Å²) >= 11 is 0. The van der Waals surface area contributed by atoms with Crippen LogP contribution in [0.15, 0.2) is 0 Å². The number of nitrogens with one attached hydrogen (secondary N) is 1. The standard InChI is InChI=1S/C14H28N2O2/c1-4-16(10-13-6-5-7-15-9-13)14(17)8-12(2)11-18-3/h12-13,15H,4-11H2,1-3H3. The van der Waals surface area contributed by atoms with Crippen LogP contribution < -0.4 is 5.32 Å². The van der Waals surface area contributed by atoms with Crippen molar-refractivity contribution in [2.24, 2.45) is 11.8 Å². The summed E-state index contributed by atoms with van der Waals surface area (Å²) in [5.41, 5.74) is 0. The highest BCUT2D eigenvalue weighted by molar-refractivity contribution is 5.76. The van der Waals surface area contributed by atoms with Crippen molar-refractivity contribution in [3.8, 4) is 0 Å². The first-order chi connectivity index (χ1) is 8.67. The van der Waals surface area contributed by atoms with Gasteiger partial charge in [-0.1, -0.05) is 6.92 Å². The van der Waals surface area contributed by atoms with Crippen LogP contribution in [0.3, 0.4) is 0 Å². The number of ether oxygens (including phenoxy) is 1. The lowest BCUT2D eigenvalue weighted by molar-refractivity contribution is -0.133. The molecule has 1 N–H and O–H groups in total. The number of carbonyl (C=O) groups is 1. The Labute approximate surface area is 111 Å². The van der Waals surface area contributed by atoms with E-state index in [1.165, 1.54) is 12.8 Å². The monoisotopic (exact) mass is 256 g/mol. The fraction of sp³-hybridized carbons (Fsp3) is 0.929. The summed E-state index contributed by atoms with van der Waals surface area (Å²) in [7, 11) is 1.69. The average molecular weight is 256 g/mol. The molecule has 106 valence electrons. The van der Waals surface area contributed by atoms with Crippen molar-refractivity contribution >= 4 is 5.91 Å². The molecular weight excluding hydrogens is 228 g/mol. The van der Waals surface area contributed by atoms with Gasteiger partial charge in [-0.3, -0.25) is 4.79 Å². The van der Waals surface area contributed by atoms with Gasteiger partial charge in [0.2, 0.25) is 5.91 Å². The molecule has 1 fully saturated rings. The Bertz CT molecular complexity index is 240. The van der Waals surface area contributed by atoms with Gasteiger partial charge in [-0.05, 0) is 44.7 Å². The molecule has 0 saturated carbocycles. The van der Waals surface area contributed by atoms with E-state index in [0.29, 0.717) is 24.9 Å². The SMILES string of the molecule is CCN(CC1CCCNC1)C(=O)CC(C)COC. The molecule has 1 amide bonds. The van der Waals surface area contributed by atoms with E-state index in [1.54, 1.807) is 7.11 Å². The predicted molar refractivity (Wildman–Crippen MR) is 73.5 cm³/mol. The highest BCUT2D eigenvalue weighted by atomic mass is 16.5. The zero-order chi connectivity index (χ0) is 13.4. The summed E-state index contributed by atoms with van der Waals surface area (Å²) in [5, 5.41) is 3.41. The quantitative estimate of drug-likeness (QED) is 0.750. The van der Waals surface area contributed by atoms with Crippen molar-refractivity contribution in [3.05, 3.63) is 0 Å². The molecule has 0 aromatic rings. The van der Waals surface area contributed by atoms with Crippen molar-refractivity contribution in [2.45, 2.75) is 33.1 Å². The molecule has 4 heteroatoms. The van der Waals surface area contributed by atoms with E-state index in [1.807, 2.05) is 4.90 Å². The molecule has 1 aliphatic heterocycles. The molecule has 1 aliphatic rings. The van der Waals surface area contributed by atoms with Crippen LogP contribution in [0.4, 0.5) is 0 Å². The van der Waals surface area contributed by atoms with Gasteiger partial charge in [-0.15, -0.1) is 0 Å². The zero-order valence-electron chi connectivity index (χ0n) is 12.1. The van der Waals surface area contributed by atoms with Gasteiger partial charge in [0.05, 0.1) is 0 Å². The van der Waals surface area contributed by atoms with Crippen LogP contribution in [-0.4, -0.2) is 50.7 Å². The molecule has 0 aromatic carbocycles. The number of methoxy groups -OCH3 is 1. The first kappa shape index (κ1) is 15.4. The minimum atomic E-state index is 0.271. The second-order valence-electron chi connectivity index (χ2n) is 5.41. The maximum atomic E-state index is 12.2. The first-order valence-corrected chi connectivity index (χ1v) is 7.14. The van der Waals surface area contributed by atoms with Crippen molar-refractivity contribution in [1.82, 2.24) is 10.2 Å². The molecule has 4 nitrogen and oxygen atoms in total. The van der Waals surface area contributed by atoms with Gasteiger partial charge in [0, 0.05) is 33.2 Å². The molecule has 1 rings (SSSR count). The molecule has 0 spiro atoms. The minimum Gasteiger partial charge on any atom is -0.384 e. The van der Waals surface area contributed by atoms with Gasteiger partial charge in [-0.25, -0.2) is 0 Å². The highest BCUT2D eigenvalue weighted by Crippen LogP contribution is 2.13. The van der Waals surface area contributed by atoms with Gasteiger partial charge in [0.25, 0.3) is 0 Å². The zero-order valence-corrected chi connectivity index (χ0v) is 12.1. The third-order valence-electron chi connectivity index (χ3n) is 3.59. The minimum absolute atomic E-state index is 0.271. The Morgan fingerprint density at radius 1 is 1.56 bits per heavy atom. The molecular formula is C14H28N2O2. The largest absolute Gasteiger partial charge is 0.384 e. The average Bonchev–Trinajstić information content (AvgIpc) is 2.37. The molecule has 18 heavy (non-hydrogen) atoms. The maximum absolute atomic E-state index is 12.2. The van der Waals surface area contributed by atoms with E-state index in [2.05, 4.69) is 19.2 Å². The summed E-state index contributed by atoms with van der Waals surface area (Å²) in [6.07, 6.45) is 3.07. The second-order valence-corrected chi connectivity index (χ2v) is 5.41. The van der Waals surface area contributed by atoms with Crippen LogP contribution in [0.1, 0.15) is 33.1 Å². The Morgan fingerprint density at radius 3 is 2.89 bits per heavy atom. The van der Waals surface area contributed by atoms with Crippen molar-refractivity contribution in [1.29, 1.82) is 0 Å². The molecule has 1 heterocycles. The van der Waals surface area contributed by atoms with Crippen LogP contribution in [0.2, 0.25) is 0 Å². The Morgan fingerprint density at radius 2 is 2.33 bits per heavy atom. The summed E-state index contributed by atoms with van der Waals surface area (Å²) in [6, 6.07) is 0. The molecule has 0 aliphatic carbocycles. The van der Waals surface area contributed by atoms with E-state index in [4.69, 9.17) is 4.74 Å². The smallest absolute Gasteiger partial charge is 0.222 e. The van der Waals surface area contributed by atoms with Crippen LogP contribution in [-0.2, 0) is 9.53 Å². The first-order valence-electron chi connectivity index (χ1n) is 7.14. The van der Waals surface area contributed by atoms with E-state index >= 15 is 0 Å². The number of hydrogen-bond donors (Lipinski definition) is 1. The van der Waals surface area contributed by atoms with Crippen molar-refractivity contribution < 1.29 is 9.53 Å². The fourth-order valence-corrected chi connectivity index (χ4v) is 2.57. The van der Waals surface area contributed by atoms with Crippen LogP contribution in [0, 0.1) is 11.8 Å². The van der Waals surface area contributed by atoms with E-state index < -0.39 is 0 Å². The number of hydrogen-bond acceptors (Lipinski definition) is 3. The van der Waals surface area contributed by atoms with Gasteiger partial charge >= 0.3 is 0 Å². The van der Waals surface area contributed by atoms with Gasteiger partial charge < -0.3 is 15.0 Å². The van der Waals surface area contributed by atoms with E-state index in [-0.39, 0.29) is 5.91 Å². The second kappa shape index (κ2) is 8.48. The lowest BCUT2D eigenvalue weighted by Crippen LogP contribution is -2.41. The summed E-state index contributed by atoms with van der Waals surface area (Å²) in [4.78, 5) is 14.2. The number of amides is 1. The predicted octanol–water partition coefficient (Wildman–Crippen LogP) is 1.51.